The molecule has 0 radical (unpaired) electrons. The van der Waals surface area contributed by atoms with Crippen molar-refractivity contribution in [1.29, 1.82) is 0 Å². The third-order valence-corrected chi connectivity index (χ3v) is 4.55. The van der Waals surface area contributed by atoms with Crippen LogP contribution in [0.2, 0.25) is 0 Å². The molecule has 0 aliphatic carbocycles. The molecule has 1 fully saturated rings. The van der Waals surface area contributed by atoms with Gasteiger partial charge in [-0.3, -0.25) is 4.79 Å². The maximum atomic E-state index is 12.8. The van der Waals surface area contributed by atoms with Gasteiger partial charge >= 0.3 is 0 Å². The van der Waals surface area contributed by atoms with Crippen molar-refractivity contribution in [2.24, 2.45) is 10.9 Å². The summed E-state index contributed by atoms with van der Waals surface area (Å²) in [4.78, 5) is 19.4. The molecule has 0 N–H and O–H groups in total. The summed E-state index contributed by atoms with van der Waals surface area (Å²) in [6, 6.07) is 8.08. The maximum absolute atomic E-state index is 12.8. The SMILES string of the molecule is CC1CCCN(C(=O)C2=Nc3ccccc3C2(C)C)C1. The molecule has 0 saturated carbocycles. The molecule has 1 aromatic carbocycles. The standard InChI is InChI=1S/C17H22N2O/c1-12-7-6-10-19(11-12)16(20)15-17(2,3)13-8-4-5-9-14(13)18-15/h4-5,8-9,12H,6-7,10-11H2,1-3H3. The van der Waals surface area contributed by atoms with Crippen LogP contribution in [0, 0.1) is 5.92 Å². The summed E-state index contributed by atoms with van der Waals surface area (Å²) in [7, 11) is 0. The summed E-state index contributed by atoms with van der Waals surface area (Å²) in [5.41, 5.74) is 2.53. The van der Waals surface area contributed by atoms with Crippen LogP contribution in [-0.4, -0.2) is 29.6 Å². The molecule has 1 unspecified atom stereocenters. The second kappa shape index (κ2) is 4.72. The average Bonchev–Trinajstić information content (AvgIpc) is 2.70. The van der Waals surface area contributed by atoms with Crippen molar-refractivity contribution in [3.05, 3.63) is 29.8 Å². The number of benzene rings is 1. The number of para-hydroxylation sites is 1. The number of amides is 1. The fourth-order valence-corrected chi connectivity index (χ4v) is 3.33. The molecule has 1 amide bonds. The highest BCUT2D eigenvalue weighted by molar-refractivity contribution is 6.43. The lowest BCUT2D eigenvalue weighted by Crippen LogP contribution is -2.47. The average molecular weight is 270 g/mol. The summed E-state index contributed by atoms with van der Waals surface area (Å²) in [5.74, 6) is 0.720. The van der Waals surface area contributed by atoms with Crippen molar-refractivity contribution >= 4 is 17.3 Å². The first-order valence-corrected chi connectivity index (χ1v) is 7.48. The van der Waals surface area contributed by atoms with Gasteiger partial charge in [0.2, 0.25) is 0 Å². The zero-order valence-electron chi connectivity index (χ0n) is 12.5. The third-order valence-electron chi connectivity index (χ3n) is 4.55. The van der Waals surface area contributed by atoms with Crippen molar-refractivity contribution in [2.45, 2.75) is 39.0 Å². The Balaban J connectivity index is 1.90. The molecule has 3 nitrogen and oxygen atoms in total. The molecule has 106 valence electrons. The number of hydrogen-bond acceptors (Lipinski definition) is 2. The van der Waals surface area contributed by atoms with E-state index in [4.69, 9.17) is 0 Å². The first kappa shape index (κ1) is 13.3. The van der Waals surface area contributed by atoms with Gasteiger partial charge in [-0.15, -0.1) is 0 Å². The van der Waals surface area contributed by atoms with Crippen LogP contribution in [-0.2, 0) is 10.2 Å². The van der Waals surface area contributed by atoms with Crippen molar-refractivity contribution in [3.63, 3.8) is 0 Å². The van der Waals surface area contributed by atoms with Gasteiger partial charge in [0, 0.05) is 18.5 Å². The molecular weight excluding hydrogens is 248 g/mol. The van der Waals surface area contributed by atoms with Crippen LogP contribution in [0.15, 0.2) is 29.3 Å². The zero-order chi connectivity index (χ0) is 14.3. The first-order chi connectivity index (χ1) is 9.50. The molecule has 0 bridgehead atoms. The molecule has 2 aliphatic heterocycles. The summed E-state index contributed by atoms with van der Waals surface area (Å²) in [5, 5.41) is 0. The van der Waals surface area contributed by atoms with Gasteiger partial charge in [-0.05, 0) is 44.2 Å². The van der Waals surface area contributed by atoms with E-state index in [1.54, 1.807) is 0 Å². The summed E-state index contributed by atoms with van der Waals surface area (Å²) in [6.45, 7) is 8.15. The minimum Gasteiger partial charge on any atom is -0.337 e. The Labute approximate surface area is 120 Å². The Morgan fingerprint density at radius 2 is 2.10 bits per heavy atom. The van der Waals surface area contributed by atoms with E-state index in [0.29, 0.717) is 11.6 Å². The maximum Gasteiger partial charge on any atom is 0.269 e. The van der Waals surface area contributed by atoms with Crippen LogP contribution in [0.4, 0.5) is 5.69 Å². The Morgan fingerprint density at radius 3 is 2.80 bits per heavy atom. The predicted octanol–water partition coefficient (Wildman–Crippen LogP) is 3.31. The second-order valence-electron chi connectivity index (χ2n) is 6.60. The quantitative estimate of drug-likeness (QED) is 0.770. The fraction of sp³-hybridized carbons (Fsp3) is 0.529. The number of hydrogen-bond donors (Lipinski definition) is 0. The van der Waals surface area contributed by atoms with Crippen molar-refractivity contribution in [1.82, 2.24) is 4.90 Å². The molecule has 0 aromatic heterocycles. The lowest BCUT2D eigenvalue weighted by molar-refractivity contribution is -0.126. The van der Waals surface area contributed by atoms with Crippen molar-refractivity contribution in [3.8, 4) is 0 Å². The summed E-state index contributed by atoms with van der Waals surface area (Å²) >= 11 is 0. The Kier molecular flexibility index (Phi) is 3.15. The summed E-state index contributed by atoms with van der Waals surface area (Å²) in [6.07, 6.45) is 2.33. The molecule has 3 rings (SSSR count). The largest absolute Gasteiger partial charge is 0.337 e. The van der Waals surface area contributed by atoms with Crippen LogP contribution in [0.1, 0.15) is 39.2 Å². The van der Waals surface area contributed by atoms with Gasteiger partial charge in [0.25, 0.3) is 5.91 Å². The molecule has 2 aliphatic rings. The predicted molar refractivity (Wildman–Crippen MR) is 81.5 cm³/mol. The topological polar surface area (TPSA) is 32.7 Å². The highest BCUT2D eigenvalue weighted by atomic mass is 16.2. The summed E-state index contributed by atoms with van der Waals surface area (Å²) < 4.78 is 0. The van der Waals surface area contributed by atoms with E-state index in [-0.39, 0.29) is 11.3 Å². The monoisotopic (exact) mass is 270 g/mol. The van der Waals surface area contributed by atoms with Gasteiger partial charge in [-0.1, -0.05) is 25.1 Å². The van der Waals surface area contributed by atoms with E-state index < -0.39 is 0 Å². The molecule has 1 atom stereocenters. The van der Waals surface area contributed by atoms with Crippen LogP contribution >= 0.6 is 0 Å². The number of aliphatic imine (C=N–C) groups is 1. The molecule has 20 heavy (non-hydrogen) atoms. The number of piperidine rings is 1. The van der Waals surface area contributed by atoms with Gasteiger partial charge in [0.15, 0.2) is 0 Å². The minimum absolute atomic E-state index is 0.123. The second-order valence-corrected chi connectivity index (χ2v) is 6.60. The van der Waals surface area contributed by atoms with Crippen molar-refractivity contribution in [2.75, 3.05) is 13.1 Å². The van der Waals surface area contributed by atoms with Crippen LogP contribution in [0.5, 0.6) is 0 Å². The minimum atomic E-state index is -0.283. The van der Waals surface area contributed by atoms with E-state index in [2.05, 4.69) is 31.8 Å². The van der Waals surface area contributed by atoms with Gasteiger partial charge in [-0.25, -0.2) is 4.99 Å². The van der Waals surface area contributed by atoms with Gasteiger partial charge < -0.3 is 4.90 Å². The van der Waals surface area contributed by atoms with Crippen LogP contribution < -0.4 is 0 Å². The van der Waals surface area contributed by atoms with Gasteiger partial charge in [-0.2, -0.15) is 0 Å². The van der Waals surface area contributed by atoms with Crippen LogP contribution in [0.25, 0.3) is 0 Å². The smallest absolute Gasteiger partial charge is 0.269 e. The fourth-order valence-electron chi connectivity index (χ4n) is 3.33. The number of carbonyl (C=O) groups excluding carboxylic acids is 1. The Hall–Kier alpha value is -1.64. The van der Waals surface area contributed by atoms with E-state index in [9.17, 15) is 4.79 Å². The lowest BCUT2D eigenvalue weighted by atomic mass is 9.81. The number of nitrogens with zero attached hydrogens (tertiary/aromatic N) is 2. The van der Waals surface area contributed by atoms with Gasteiger partial charge in [0.1, 0.15) is 5.71 Å². The molecule has 1 aromatic rings. The number of rotatable bonds is 1. The lowest BCUT2D eigenvalue weighted by Gasteiger charge is -2.33. The molecule has 1 saturated heterocycles. The highest BCUT2D eigenvalue weighted by Crippen LogP contribution is 2.40. The number of fused-ring (bicyclic) bond motifs is 1. The van der Waals surface area contributed by atoms with Crippen molar-refractivity contribution < 1.29 is 4.79 Å². The third kappa shape index (κ3) is 2.05. The molecule has 2 heterocycles. The molecule has 0 spiro atoms. The van der Waals surface area contributed by atoms with E-state index in [1.165, 1.54) is 6.42 Å². The highest BCUT2D eigenvalue weighted by Gasteiger charge is 2.40. The molecular formula is C17H22N2O. The van der Waals surface area contributed by atoms with Crippen LogP contribution in [0.3, 0.4) is 0 Å². The molecule has 3 heteroatoms. The van der Waals surface area contributed by atoms with Gasteiger partial charge in [0.05, 0.1) is 5.69 Å². The first-order valence-electron chi connectivity index (χ1n) is 7.48. The number of likely N-dealkylation sites (tertiary alicyclic amines) is 1. The Morgan fingerprint density at radius 1 is 1.35 bits per heavy atom. The Bertz CT molecular complexity index is 574. The number of carbonyl (C=O) groups is 1. The van der Waals surface area contributed by atoms with E-state index in [0.717, 1.165) is 30.8 Å². The normalized spacial score (nSPS) is 24.2. The van der Waals surface area contributed by atoms with E-state index >= 15 is 0 Å². The van der Waals surface area contributed by atoms with E-state index in [1.807, 2.05) is 23.1 Å². The zero-order valence-corrected chi connectivity index (χ0v) is 12.5.